The first-order chi connectivity index (χ1) is 13.8. The lowest BCUT2D eigenvalue weighted by molar-refractivity contribution is 0.0820. The van der Waals surface area contributed by atoms with Crippen LogP contribution >= 0.6 is 0 Å². The normalized spacial score (nSPS) is 20.6. The van der Waals surface area contributed by atoms with Crippen LogP contribution in [-0.2, 0) is 11.3 Å². The predicted octanol–water partition coefficient (Wildman–Crippen LogP) is 2.73. The highest BCUT2D eigenvalue weighted by molar-refractivity contribution is 5.88. The van der Waals surface area contributed by atoms with Crippen LogP contribution in [0.15, 0.2) is 53.3 Å². The van der Waals surface area contributed by atoms with Crippen molar-refractivity contribution in [2.24, 2.45) is 10.9 Å². The highest BCUT2D eigenvalue weighted by Gasteiger charge is 2.35. The molecule has 3 N–H and O–H groups in total. The molecule has 5 rings (SSSR count). The molecule has 0 spiro atoms. The number of ether oxygens (including phenoxy) is 1. The number of carbonyl (C=O) groups excluding carboxylic acids is 1. The van der Waals surface area contributed by atoms with E-state index in [1.54, 1.807) is 6.34 Å². The van der Waals surface area contributed by atoms with Gasteiger partial charge >= 0.3 is 6.09 Å². The van der Waals surface area contributed by atoms with E-state index in [9.17, 15) is 4.79 Å². The zero-order chi connectivity index (χ0) is 18.9. The maximum absolute atomic E-state index is 12.6. The lowest BCUT2D eigenvalue weighted by atomic mass is 9.92. The quantitative estimate of drug-likeness (QED) is 0.765. The van der Waals surface area contributed by atoms with E-state index in [1.807, 2.05) is 52.5 Å². The number of aromatic nitrogens is 1. The van der Waals surface area contributed by atoms with Gasteiger partial charge in [0.05, 0.1) is 11.4 Å². The average Bonchev–Trinajstić information content (AvgIpc) is 3.39. The van der Waals surface area contributed by atoms with Crippen molar-refractivity contribution in [1.29, 1.82) is 0 Å². The van der Waals surface area contributed by atoms with E-state index < -0.39 is 0 Å². The number of nitrogens with zero attached hydrogens (tertiary/aromatic N) is 3. The van der Waals surface area contributed by atoms with Crippen LogP contribution in [-0.4, -0.2) is 40.4 Å². The summed E-state index contributed by atoms with van der Waals surface area (Å²) in [4.78, 5) is 21.9. The Morgan fingerprint density at radius 1 is 1.25 bits per heavy atom. The molecule has 0 aliphatic carbocycles. The molecule has 1 unspecified atom stereocenters. The molecule has 0 radical (unpaired) electrons. The van der Waals surface area contributed by atoms with E-state index in [4.69, 9.17) is 4.74 Å². The van der Waals surface area contributed by atoms with Crippen LogP contribution < -0.4 is 11.0 Å². The van der Waals surface area contributed by atoms with Gasteiger partial charge in [-0.05, 0) is 24.5 Å². The highest BCUT2D eigenvalue weighted by atomic mass is 16.6. The van der Waals surface area contributed by atoms with E-state index in [1.165, 1.54) is 0 Å². The summed E-state index contributed by atoms with van der Waals surface area (Å²) in [6, 6.07) is 11.8. The van der Waals surface area contributed by atoms with Crippen molar-refractivity contribution in [2.75, 3.05) is 13.1 Å². The summed E-state index contributed by atoms with van der Waals surface area (Å²) in [5, 5.41) is 1.89. The minimum Gasteiger partial charge on any atom is -0.445 e. The molecule has 1 saturated heterocycles. The molecular weight excluding hydrogens is 356 g/mol. The number of benzene rings is 1. The minimum absolute atomic E-state index is 0.208. The third-order valence-corrected chi connectivity index (χ3v) is 5.38. The summed E-state index contributed by atoms with van der Waals surface area (Å²) < 4.78 is 5.53. The summed E-state index contributed by atoms with van der Waals surface area (Å²) in [6.07, 6.45) is 5.35. The SMILES string of the molecule is O=C(OCc1ccccc1)N1CCCC(C2=C3c4cc[nH]c4N=CN3NN2)C1. The fraction of sp³-hybridized carbons (Fsp3) is 0.300. The van der Waals surface area contributed by atoms with E-state index in [0.717, 1.165) is 47.7 Å². The monoisotopic (exact) mass is 378 g/mol. The number of hydrazine groups is 2. The maximum atomic E-state index is 12.6. The van der Waals surface area contributed by atoms with Gasteiger partial charge in [0.2, 0.25) is 0 Å². The minimum atomic E-state index is -0.255. The summed E-state index contributed by atoms with van der Waals surface area (Å²) in [5.74, 6) is 1.06. The summed E-state index contributed by atoms with van der Waals surface area (Å²) >= 11 is 0. The van der Waals surface area contributed by atoms with Gasteiger partial charge in [0, 0.05) is 30.8 Å². The number of H-pyrrole nitrogens is 1. The third-order valence-electron chi connectivity index (χ3n) is 5.38. The van der Waals surface area contributed by atoms with Crippen molar-refractivity contribution in [3.63, 3.8) is 0 Å². The largest absolute Gasteiger partial charge is 0.445 e. The van der Waals surface area contributed by atoms with Crippen molar-refractivity contribution < 1.29 is 9.53 Å². The topological polar surface area (TPSA) is 85.0 Å². The Hall–Kier alpha value is -3.26. The van der Waals surface area contributed by atoms with Crippen LogP contribution in [0, 0.1) is 5.92 Å². The van der Waals surface area contributed by atoms with Crippen molar-refractivity contribution in [2.45, 2.75) is 19.4 Å². The summed E-state index contributed by atoms with van der Waals surface area (Å²) in [6.45, 7) is 1.65. The Balaban J connectivity index is 1.30. The van der Waals surface area contributed by atoms with Gasteiger partial charge in [0.15, 0.2) is 0 Å². The summed E-state index contributed by atoms with van der Waals surface area (Å²) in [7, 11) is 0. The van der Waals surface area contributed by atoms with Crippen LogP contribution in [0.1, 0.15) is 24.0 Å². The number of carbonyl (C=O) groups is 1. The maximum Gasteiger partial charge on any atom is 0.410 e. The molecule has 1 aromatic heterocycles. The molecule has 4 heterocycles. The molecule has 2 aromatic rings. The lowest BCUT2D eigenvalue weighted by Crippen LogP contribution is -2.43. The molecule has 3 aliphatic heterocycles. The molecule has 28 heavy (non-hydrogen) atoms. The molecular formula is C20H22N6O2. The van der Waals surface area contributed by atoms with Crippen LogP contribution in [0.4, 0.5) is 10.6 Å². The first kappa shape index (κ1) is 16.9. The Labute approximate surface area is 162 Å². The molecule has 3 aliphatic rings. The number of hydrogen-bond acceptors (Lipinski definition) is 6. The molecule has 1 atom stereocenters. The number of nitrogens with one attached hydrogen (secondary N) is 3. The van der Waals surface area contributed by atoms with Gasteiger partial charge in [-0.2, -0.15) is 0 Å². The molecule has 1 amide bonds. The Morgan fingerprint density at radius 2 is 2.14 bits per heavy atom. The molecule has 144 valence electrons. The highest BCUT2D eigenvalue weighted by Crippen LogP contribution is 2.37. The van der Waals surface area contributed by atoms with Crippen molar-refractivity contribution in [3.8, 4) is 0 Å². The van der Waals surface area contributed by atoms with Crippen molar-refractivity contribution >= 4 is 23.9 Å². The first-order valence-electron chi connectivity index (χ1n) is 9.52. The van der Waals surface area contributed by atoms with Crippen molar-refractivity contribution in [3.05, 3.63) is 59.4 Å². The van der Waals surface area contributed by atoms with Gasteiger partial charge in [-0.1, -0.05) is 30.3 Å². The number of amides is 1. The van der Waals surface area contributed by atoms with Crippen LogP contribution in [0.2, 0.25) is 0 Å². The van der Waals surface area contributed by atoms with E-state index in [2.05, 4.69) is 20.9 Å². The molecule has 0 saturated carbocycles. The van der Waals surface area contributed by atoms with Gasteiger partial charge in [-0.3, -0.25) is 0 Å². The number of fused-ring (bicyclic) bond motifs is 3. The first-order valence-corrected chi connectivity index (χ1v) is 9.52. The standard InChI is InChI=1S/C20H22N6O2/c27-20(28-12-14-5-2-1-3-6-14)25-10-4-7-15(11-25)17-18-16-8-9-21-19(16)22-13-26(18)24-23-17/h1-3,5-6,8-9,13,15,21,23-24H,4,7,10-12H2. The fourth-order valence-corrected chi connectivity index (χ4v) is 3.99. The van der Waals surface area contributed by atoms with Gasteiger partial charge in [0.1, 0.15) is 18.8 Å². The Bertz CT molecular complexity index is 935. The number of aromatic amines is 1. The third kappa shape index (κ3) is 3.01. The van der Waals surface area contributed by atoms with Gasteiger partial charge < -0.3 is 20.0 Å². The van der Waals surface area contributed by atoms with E-state index >= 15 is 0 Å². The zero-order valence-electron chi connectivity index (χ0n) is 15.4. The predicted molar refractivity (Wildman–Crippen MR) is 105 cm³/mol. The fourth-order valence-electron chi connectivity index (χ4n) is 3.99. The van der Waals surface area contributed by atoms with Crippen LogP contribution in [0.5, 0.6) is 0 Å². The Kier molecular flexibility index (Phi) is 4.25. The second-order valence-electron chi connectivity index (χ2n) is 7.18. The molecule has 8 nitrogen and oxygen atoms in total. The van der Waals surface area contributed by atoms with Gasteiger partial charge in [-0.25, -0.2) is 14.8 Å². The smallest absolute Gasteiger partial charge is 0.410 e. The molecule has 1 aromatic carbocycles. The number of rotatable bonds is 3. The number of piperidine rings is 1. The van der Waals surface area contributed by atoms with Gasteiger partial charge in [-0.15, -0.1) is 5.53 Å². The molecule has 1 fully saturated rings. The lowest BCUT2D eigenvalue weighted by Gasteiger charge is -2.32. The second kappa shape index (κ2) is 7.05. The van der Waals surface area contributed by atoms with Crippen LogP contribution in [0.25, 0.3) is 5.70 Å². The number of aliphatic imine (C=N–C) groups is 1. The van der Waals surface area contributed by atoms with Crippen LogP contribution in [0.3, 0.4) is 0 Å². The zero-order valence-corrected chi connectivity index (χ0v) is 15.4. The molecule has 8 heteroatoms. The average molecular weight is 378 g/mol. The number of hydrogen-bond donors (Lipinski definition) is 3. The second-order valence-corrected chi connectivity index (χ2v) is 7.18. The number of likely N-dealkylation sites (tertiary alicyclic amines) is 1. The van der Waals surface area contributed by atoms with E-state index in [-0.39, 0.29) is 12.0 Å². The Morgan fingerprint density at radius 3 is 3.04 bits per heavy atom. The van der Waals surface area contributed by atoms with Gasteiger partial charge in [0.25, 0.3) is 0 Å². The van der Waals surface area contributed by atoms with E-state index in [0.29, 0.717) is 13.2 Å². The summed E-state index contributed by atoms with van der Waals surface area (Å²) in [5.41, 5.74) is 10.6. The molecule has 0 bridgehead atoms. The van der Waals surface area contributed by atoms with Crippen molar-refractivity contribution in [1.82, 2.24) is 25.9 Å².